The minimum absolute atomic E-state index is 0.0133. The minimum Gasteiger partial charge on any atom is -0.384 e. The summed E-state index contributed by atoms with van der Waals surface area (Å²) in [5.41, 5.74) is -0.377. The number of Topliss-reactive ketones (excluding diaryl/α,β-unsaturated/α-hetero) is 1. The first-order valence-corrected chi connectivity index (χ1v) is 9.25. The molecule has 0 N–H and O–H groups in total. The lowest BCUT2D eigenvalue weighted by Gasteiger charge is -2.61. The van der Waals surface area contributed by atoms with Crippen LogP contribution in [0.5, 0.6) is 0 Å². The van der Waals surface area contributed by atoms with Crippen molar-refractivity contribution in [2.75, 3.05) is 13.7 Å². The molecule has 0 saturated heterocycles. The fourth-order valence-corrected chi connectivity index (χ4v) is 6.18. The van der Waals surface area contributed by atoms with Crippen LogP contribution < -0.4 is 0 Å². The second kappa shape index (κ2) is 6.03. The molecule has 0 bridgehead atoms. The van der Waals surface area contributed by atoms with Gasteiger partial charge in [0, 0.05) is 17.9 Å². The third-order valence-corrected chi connectivity index (χ3v) is 7.28. The van der Waals surface area contributed by atoms with E-state index in [0.29, 0.717) is 19.4 Å². The molecular formula is C21H26N2O3. The normalized spacial score (nSPS) is 41.3. The zero-order valence-corrected chi connectivity index (χ0v) is 16.0. The number of ether oxygens (including phenoxy) is 1. The largest absolute Gasteiger partial charge is 0.384 e. The molecule has 3 aliphatic rings. The third-order valence-electron chi connectivity index (χ3n) is 7.28. The lowest BCUT2D eigenvalue weighted by atomic mass is 9.42. The maximum Gasteiger partial charge on any atom is 0.172 e. The van der Waals surface area contributed by atoms with Crippen molar-refractivity contribution >= 4 is 11.6 Å². The summed E-state index contributed by atoms with van der Waals surface area (Å²) in [6.07, 6.45) is 4.20. The van der Waals surface area contributed by atoms with Crippen molar-refractivity contribution in [3.63, 3.8) is 0 Å². The van der Waals surface area contributed by atoms with Gasteiger partial charge in [0.15, 0.2) is 11.6 Å². The molecule has 0 aromatic heterocycles. The number of hydrogen-bond acceptors (Lipinski definition) is 5. The zero-order chi connectivity index (χ0) is 19.3. The lowest BCUT2D eigenvalue weighted by Crippen LogP contribution is -2.58. The second-order valence-corrected chi connectivity index (χ2v) is 9.04. The average molecular weight is 354 g/mol. The van der Waals surface area contributed by atoms with Gasteiger partial charge in [0.1, 0.15) is 11.8 Å². The van der Waals surface area contributed by atoms with Gasteiger partial charge in [-0.2, -0.15) is 10.5 Å². The molecule has 0 aromatic rings. The topological polar surface area (TPSA) is 90.9 Å². The first-order valence-electron chi connectivity index (χ1n) is 9.25. The van der Waals surface area contributed by atoms with Gasteiger partial charge in [0.2, 0.25) is 0 Å². The number of methoxy groups -OCH3 is 1. The van der Waals surface area contributed by atoms with Crippen LogP contribution in [0.2, 0.25) is 0 Å². The molecule has 26 heavy (non-hydrogen) atoms. The van der Waals surface area contributed by atoms with E-state index in [2.05, 4.69) is 19.1 Å². The van der Waals surface area contributed by atoms with Crippen molar-refractivity contribution in [1.29, 1.82) is 10.5 Å². The van der Waals surface area contributed by atoms with Crippen molar-refractivity contribution in [3.05, 3.63) is 11.6 Å². The number of hydrogen-bond donors (Lipinski definition) is 0. The van der Waals surface area contributed by atoms with Crippen LogP contribution in [0.15, 0.2) is 11.6 Å². The monoisotopic (exact) mass is 354 g/mol. The van der Waals surface area contributed by atoms with Gasteiger partial charge in [0.05, 0.1) is 18.7 Å². The molecule has 3 aliphatic carbocycles. The molecule has 0 aromatic carbocycles. The number of carbonyl (C=O) groups excluding carboxylic acids is 2. The molecule has 5 nitrogen and oxygen atoms in total. The Balaban J connectivity index is 2.18. The number of nitriles is 2. The molecule has 0 aliphatic heterocycles. The average Bonchev–Trinajstić information content (AvgIpc) is 2.59. The van der Waals surface area contributed by atoms with Crippen LogP contribution in [-0.2, 0) is 14.3 Å². The van der Waals surface area contributed by atoms with E-state index in [1.807, 2.05) is 13.8 Å². The molecular weight excluding hydrogens is 328 g/mol. The number of fused-ring (bicyclic) bond motifs is 3. The van der Waals surface area contributed by atoms with E-state index in [-0.39, 0.29) is 22.9 Å². The molecule has 0 amide bonds. The summed E-state index contributed by atoms with van der Waals surface area (Å²) in [4.78, 5) is 25.4. The van der Waals surface area contributed by atoms with Gasteiger partial charge < -0.3 is 4.74 Å². The van der Waals surface area contributed by atoms with E-state index in [1.54, 1.807) is 13.2 Å². The Morgan fingerprint density at radius 2 is 1.81 bits per heavy atom. The predicted octanol–water partition coefficient (Wildman–Crippen LogP) is 3.21. The Bertz CT molecular complexity index is 769. The van der Waals surface area contributed by atoms with Crippen LogP contribution in [0, 0.1) is 56.7 Å². The van der Waals surface area contributed by atoms with Gasteiger partial charge in [0.25, 0.3) is 0 Å². The highest BCUT2D eigenvalue weighted by Crippen LogP contribution is 2.66. The van der Waals surface area contributed by atoms with Gasteiger partial charge in [-0.15, -0.1) is 0 Å². The Labute approximate surface area is 155 Å². The fourth-order valence-electron chi connectivity index (χ4n) is 6.18. The highest BCUT2D eigenvalue weighted by atomic mass is 16.5. The second-order valence-electron chi connectivity index (χ2n) is 9.04. The van der Waals surface area contributed by atoms with Crippen molar-refractivity contribution in [3.8, 4) is 12.1 Å². The molecule has 0 spiro atoms. The molecule has 2 saturated carbocycles. The Hall–Kier alpha value is -1.98. The minimum atomic E-state index is -0.658. The summed E-state index contributed by atoms with van der Waals surface area (Å²) in [5.74, 6) is -1.36. The summed E-state index contributed by atoms with van der Waals surface area (Å²) in [7, 11) is 1.64. The smallest absolute Gasteiger partial charge is 0.172 e. The molecule has 0 radical (unpaired) electrons. The van der Waals surface area contributed by atoms with Gasteiger partial charge in [-0.05, 0) is 43.1 Å². The van der Waals surface area contributed by atoms with E-state index in [4.69, 9.17) is 4.74 Å². The van der Waals surface area contributed by atoms with E-state index in [9.17, 15) is 20.1 Å². The van der Waals surface area contributed by atoms with Crippen molar-refractivity contribution in [1.82, 2.24) is 0 Å². The highest BCUT2D eigenvalue weighted by molar-refractivity contribution is 5.96. The molecule has 138 valence electrons. The first-order chi connectivity index (χ1) is 12.2. The standard InChI is InChI=1S/C21H26N2O3/c1-19(2)16-5-6-21(12-26-4)9-13(10-22)15(24)7-17(21)20(16,3)8-14(11-23)18(19)25/h7,13-14,16H,5-6,8-9,12H2,1-4H3/t13?,14?,16-,20-,21-/m1/s1. The van der Waals surface area contributed by atoms with E-state index < -0.39 is 22.7 Å². The van der Waals surface area contributed by atoms with Crippen LogP contribution in [0.1, 0.15) is 46.5 Å². The van der Waals surface area contributed by atoms with Gasteiger partial charge in [-0.3, -0.25) is 9.59 Å². The van der Waals surface area contributed by atoms with Gasteiger partial charge in [-0.1, -0.05) is 26.3 Å². The molecule has 2 unspecified atom stereocenters. The predicted molar refractivity (Wildman–Crippen MR) is 94.5 cm³/mol. The molecule has 5 heteroatoms. The molecule has 2 fully saturated rings. The number of carbonyl (C=O) groups is 2. The van der Waals surface area contributed by atoms with E-state index >= 15 is 0 Å². The van der Waals surface area contributed by atoms with E-state index in [1.165, 1.54) is 0 Å². The van der Waals surface area contributed by atoms with Crippen LogP contribution in [-0.4, -0.2) is 25.3 Å². The number of nitrogens with zero attached hydrogens (tertiary/aromatic N) is 2. The zero-order valence-electron chi connectivity index (χ0n) is 16.0. The maximum atomic E-state index is 12.8. The van der Waals surface area contributed by atoms with Crippen molar-refractivity contribution in [2.24, 2.45) is 34.0 Å². The van der Waals surface area contributed by atoms with Crippen molar-refractivity contribution in [2.45, 2.75) is 46.5 Å². The van der Waals surface area contributed by atoms with Crippen molar-refractivity contribution < 1.29 is 14.3 Å². The lowest BCUT2D eigenvalue weighted by molar-refractivity contribution is -0.147. The quantitative estimate of drug-likeness (QED) is 0.759. The third kappa shape index (κ3) is 2.37. The van der Waals surface area contributed by atoms with Gasteiger partial charge in [-0.25, -0.2) is 0 Å². The van der Waals surface area contributed by atoms with Crippen LogP contribution in [0.25, 0.3) is 0 Å². The molecule has 3 rings (SSSR count). The summed E-state index contributed by atoms with van der Waals surface area (Å²) in [5, 5.41) is 19.0. The Morgan fingerprint density at radius 1 is 1.15 bits per heavy atom. The number of allylic oxidation sites excluding steroid dienone is 1. The first kappa shape index (κ1) is 18.8. The van der Waals surface area contributed by atoms with Crippen LogP contribution in [0.3, 0.4) is 0 Å². The summed E-state index contributed by atoms with van der Waals surface area (Å²) in [6.45, 7) is 6.44. The van der Waals surface area contributed by atoms with Crippen LogP contribution in [0.4, 0.5) is 0 Å². The number of rotatable bonds is 2. The van der Waals surface area contributed by atoms with Crippen LogP contribution >= 0.6 is 0 Å². The maximum absolute atomic E-state index is 12.8. The summed E-state index contributed by atoms with van der Waals surface area (Å²) in [6, 6.07) is 4.34. The summed E-state index contributed by atoms with van der Waals surface area (Å²) < 4.78 is 5.53. The summed E-state index contributed by atoms with van der Waals surface area (Å²) >= 11 is 0. The molecule has 0 heterocycles. The fraction of sp³-hybridized carbons (Fsp3) is 0.714. The Morgan fingerprint density at radius 3 is 2.38 bits per heavy atom. The highest BCUT2D eigenvalue weighted by Gasteiger charge is 2.63. The SMILES string of the molecule is COC[C@]12CC[C@@H]3C(C)(C)C(=O)C(C#N)C[C@@]3(C)C1=CC(=O)C(C#N)C2. The Kier molecular flexibility index (Phi) is 4.36. The molecule has 5 atom stereocenters. The number of ketones is 2. The van der Waals surface area contributed by atoms with E-state index in [0.717, 1.165) is 18.4 Å². The van der Waals surface area contributed by atoms with Gasteiger partial charge >= 0.3 is 0 Å².